The predicted molar refractivity (Wildman–Crippen MR) is 87.7 cm³/mol. The molecule has 5 rings (SSSR count). The van der Waals surface area contributed by atoms with Crippen molar-refractivity contribution in [3.8, 4) is 0 Å². The molecule has 3 heteroatoms. The predicted octanol–water partition coefficient (Wildman–Crippen LogP) is 4.78. The molecule has 2 nitrogen and oxygen atoms in total. The number of benzene rings is 2. The largest absolute Gasteiger partial charge is 0.305 e. The number of allylic oxidation sites excluding steroid dienone is 1. The maximum atomic E-state index is 6.43. The lowest BCUT2D eigenvalue weighted by atomic mass is 10.0. The van der Waals surface area contributed by atoms with Crippen LogP contribution in [-0.4, -0.2) is 9.38 Å². The second-order valence-corrected chi connectivity index (χ2v) is 5.79. The van der Waals surface area contributed by atoms with Gasteiger partial charge in [-0.1, -0.05) is 48.0 Å². The van der Waals surface area contributed by atoms with Crippen LogP contribution in [0.5, 0.6) is 0 Å². The maximum absolute atomic E-state index is 6.43. The molecular formula is C18H11ClN2. The molecule has 0 fully saturated rings. The molecule has 0 unspecified atom stereocenters. The molecule has 0 spiro atoms. The summed E-state index contributed by atoms with van der Waals surface area (Å²) in [5.41, 5.74) is 6.70. The lowest BCUT2D eigenvalue weighted by Gasteiger charge is -2.12. The molecule has 100 valence electrons. The van der Waals surface area contributed by atoms with Gasteiger partial charge in [0.2, 0.25) is 0 Å². The molecule has 0 N–H and O–H groups in total. The van der Waals surface area contributed by atoms with E-state index in [9.17, 15) is 0 Å². The van der Waals surface area contributed by atoms with Crippen molar-refractivity contribution >= 4 is 44.1 Å². The minimum Gasteiger partial charge on any atom is -0.305 e. The number of fused-ring (bicyclic) bond motifs is 5. The third-order valence-corrected chi connectivity index (χ3v) is 4.60. The number of para-hydroxylation sites is 3. The van der Waals surface area contributed by atoms with Gasteiger partial charge in [0.1, 0.15) is 5.69 Å². The van der Waals surface area contributed by atoms with Crippen molar-refractivity contribution in [1.29, 1.82) is 0 Å². The van der Waals surface area contributed by atoms with Gasteiger partial charge in [-0.15, -0.1) is 0 Å². The van der Waals surface area contributed by atoms with Crippen LogP contribution in [0.1, 0.15) is 11.3 Å². The first-order valence-corrected chi connectivity index (χ1v) is 7.39. The third kappa shape index (κ3) is 1.35. The molecule has 0 amide bonds. The second kappa shape index (κ2) is 3.86. The molecule has 0 aliphatic heterocycles. The fourth-order valence-corrected chi connectivity index (χ4v) is 3.60. The van der Waals surface area contributed by atoms with Gasteiger partial charge in [-0.25, -0.2) is 4.98 Å². The Kier molecular flexibility index (Phi) is 2.09. The SMILES string of the molecule is ClC1=CCc2c3ccccc3n3c2c1nc1ccccc13. The molecular weight excluding hydrogens is 280 g/mol. The zero-order chi connectivity index (χ0) is 14.0. The van der Waals surface area contributed by atoms with Crippen molar-refractivity contribution < 1.29 is 0 Å². The topological polar surface area (TPSA) is 17.3 Å². The van der Waals surface area contributed by atoms with E-state index in [1.165, 1.54) is 16.5 Å². The summed E-state index contributed by atoms with van der Waals surface area (Å²) in [6.45, 7) is 0. The van der Waals surface area contributed by atoms with E-state index in [4.69, 9.17) is 16.6 Å². The minimum atomic E-state index is 0.751. The zero-order valence-electron chi connectivity index (χ0n) is 11.2. The second-order valence-electron chi connectivity index (χ2n) is 5.39. The van der Waals surface area contributed by atoms with Crippen LogP contribution in [0.2, 0.25) is 0 Å². The monoisotopic (exact) mass is 290 g/mol. The molecule has 0 atom stereocenters. The van der Waals surface area contributed by atoms with Gasteiger partial charge in [0, 0.05) is 5.39 Å². The standard InChI is InChI=1S/C18H11ClN2/c19-13-10-9-12-11-5-1-3-7-15(11)21-16-8-4-2-6-14(16)20-17(13)18(12)21/h1-8,10H,9H2. The Morgan fingerprint density at radius 3 is 2.62 bits per heavy atom. The fraction of sp³-hybridized carbons (Fsp3) is 0.0556. The van der Waals surface area contributed by atoms with E-state index >= 15 is 0 Å². The van der Waals surface area contributed by atoms with E-state index in [2.05, 4.69) is 46.9 Å². The molecule has 2 aromatic heterocycles. The number of nitrogens with zero attached hydrogens (tertiary/aromatic N) is 2. The van der Waals surface area contributed by atoms with Gasteiger partial charge in [0.15, 0.2) is 0 Å². The molecule has 0 saturated carbocycles. The summed E-state index contributed by atoms with van der Waals surface area (Å²) >= 11 is 6.43. The van der Waals surface area contributed by atoms with E-state index in [0.717, 1.165) is 33.7 Å². The van der Waals surface area contributed by atoms with E-state index in [-0.39, 0.29) is 0 Å². The lowest BCUT2D eigenvalue weighted by molar-refractivity contribution is 1.20. The Morgan fingerprint density at radius 1 is 0.952 bits per heavy atom. The van der Waals surface area contributed by atoms with E-state index in [1.54, 1.807) is 0 Å². The Labute approximate surface area is 126 Å². The number of halogens is 1. The van der Waals surface area contributed by atoms with Crippen LogP contribution in [0, 0.1) is 0 Å². The molecule has 1 aliphatic carbocycles. The molecule has 0 bridgehead atoms. The van der Waals surface area contributed by atoms with Crippen molar-refractivity contribution in [3.05, 3.63) is 65.9 Å². The van der Waals surface area contributed by atoms with Crippen molar-refractivity contribution in [2.24, 2.45) is 0 Å². The smallest absolute Gasteiger partial charge is 0.106 e. The first-order valence-electron chi connectivity index (χ1n) is 7.01. The van der Waals surface area contributed by atoms with E-state index in [1.807, 2.05) is 12.1 Å². The molecule has 2 heterocycles. The van der Waals surface area contributed by atoms with Gasteiger partial charge >= 0.3 is 0 Å². The molecule has 0 radical (unpaired) electrons. The van der Waals surface area contributed by atoms with Gasteiger partial charge < -0.3 is 4.40 Å². The Hall–Kier alpha value is -2.32. The van der Waals surface area contributed by atoms with Crippen LogP contribution < -0.4 is 0 Å². The average Bonchev–Trinajstić information content (AvgIpc) is 2.87. The van der Waals surface area contributed by atoms with Crippen LogP contribution >= 0.6 is 11.6 Å². The van der Waals surface area contributed by atoms with Gasteiger partial charge in [-0.2, -0.15) is 0 Å². The van der Waals surface area contributed by atoms with Crippen molar-refractivity contribution in [2.45, 2.75) is 6.42 Å². The highest BCUT2D eigenvalue weighted by atomic mass is 35.5. The summed E-state index contributed by atoms with van der Waals surface area (Å²) in [4.78, 5) is 4.79. The summed E-state index contributed by atoms with van der Waals surface area (Å²) in [7, 11) is 0. The number of hydrogen-bond donors (Lipinski definition) is 0. The molecule has 2 aromatic carbocycles. The summed E-state index contributed by atoms with van der Waals surface area (Å²) in [6.07, 6.45) is 2.93. The first kappa shape index (κ1) is 11.4. The number of hydrogen-bond acceptors (Lipinski definition) is 1. The fourth-order valence-electron chi connectivity index (χ4n) is 3.39. The van der Waals surface area contributed by atoms with E-state index < -0.39 is 0 Å². The highest BCUT2D eigenvalue weighted by molar-refractivity contribution is 6.49. The lowest BCUT2D eigenvalue weighted by Crippen LogP contribution is -2.01. The quantitative estimate of drug-likeness (QED) is 0.456. The number of rotatable bonds is 0. The van der Waals surface area contributed by atoms with Gasteiger partial charge in [-0.05, 0) is 30.2 Å². The maximum Gasteiger partial charge on any atom is 0.106 e. The van der Waals surface area contributed by atoms with Gasteiger partial charge in [0.25, 0.3) is 0 Å². The molecule has 0 saturated heterocycles. The van der Waals surface area contributed by atoms with Crippen LogP contribution in [0.25, 0.3) is 32.5 Å². The normalized spacial score (nSPS) is 14.0. The van der Waals surface area contributed by atoms with Gasteiger partial charge in [0.05, 0.1) is 27.1 Å². The van der Waals surface area contributed by atoms with Crippen LogP contribution in [-0.2, 0) is 6.42 Å². The molecule has 21 heavy (non-hydrogen) atoms. The number of aromatic nitrogens is 2. The summed E-state index contributed by atoms with van der Waals surface area (Å²) in [5, 5.41) is 2.04. The van der Waals surface area contributed by atoms with Crippen molar-refractivity contribution in [1.82, 2.24) is 9.38 Å². The summed E-state index contributed by atoms with van der Waals surface area (Å²) in [5.74, 6) is 0. The Morgan fingerprint density at radius 2 is 1.71 bits per heavy atom. The summed E-state index contributed by atoms with van der Waals surface area (Å²) in [6, 6.07) is 16.8. The van der Waals surface area contributed by atoms with Crippen LogP contribution in [0.3, 0.4) is 0 Å². The average molecular weight is 291 g/mol. The Bertz CT molecular complexity index is 1070. The van der Waals surface area contributed by atoms with Crippen LogP contribution in [0.4, 0.5) is 0 Å². The van der Waals surface area contributed by atoms with Gasteiger partial charge in [-0.3, -0.25) is 0 Å². The Balaban J connectivity index is 2.20. The zero-order valence-corrected chi connectivity index (χ0v) is 11.9. The molecule has 4 aromatic rings. The third-order valence-electron chi connectivity index (χ3n) is 4.27. The summed E-state index contributed by atoms with van der Waals surface area (Å²) < 4.78 is 2.30. The highest BCUT2D eigenvalue weighted by Crippen LogP contribution is 2.38. The molecule has 1 aliphatic rings. The van der Waals surface area contributed by atoms with Crippen LogP contribution in [0.15, 0.2) is 54.6 Å². The first-order chi connectivity index (χ1) is 10.3. The van der Waals surface area contributed by atoms with Crippen molar-refractivity contribution in [2.75, 3.05) is 0 Å². The minimum absolute atomic E-state index is 0.751. The van der Waals surface area contributed by atoms with E-state index in [0.29, 0.717) is 0 Å². The highest BCUT2D eigenvalue weighted by Gasteiger charge is 2.22. The van der Waals surface area contributed by atoms with Crippen molar-refractivity contribution in [3.63, 3.8) is 0 Å².